The number of ketones is 1. The van der Waals surface area contributed by atoms with Crippen molar-refractivity contribution in [1.29, 1.82) is 0 Å². The van der Waals surface area contributed by atoms with Crippen LogP contribution < -0.4 is 5.32 Å². The van der Waals surface area contributed by atoms with Crippen molar-refractivity contribution < 1.29 is 14.0 Å². The van der Waals surface area contributed by atoms with Gasteiger partial charge in [0.15, 0.2) is 0 Å². The summed E-state index contributed by atoms with van der Waals surface area (Å²) in [4.78, 5) is 32.6. The number of Topliss-reactive ketones (excluding diaryl/α,β-unsaturated/α-hetero) is 1. The lowest BCUT2D eigenvalue weighted by atomic mass is 10.1. The van der Waals surface area contributed by atoms with Gasteiger partial charge in [0, 0.05) is 24.5 Å². The predicted molar refractivity (Wildman–Crippen MR) is 101 cm³/mol. The Morgan fingerprint density at radius 2 is 2.00 bits per heavy atom. The second kappa shape index (κ2) is 8.40. The molecule has 1 aromatic carbocycles. The van der Waals surface area contributed by atoms with Crippen LogP contribution in [-0.4, -0.2) is 21.7 Å². The molecule has 0 aliphatic heterocycles. The molecule has 3 rings (SSSR count). The summed E-state index contributed by atoms with van der Waals surface area (Å²) in [7, 11) is 0. The highest BCUT2D eigenvalue weighted by atomic mass is 16.4. The van der Waals surface area contributed by atoms with Crippen molar-refractivity contribution in [2.45, 2.75) is 33.2 Å². The first-order chi connectivity index (χ1) is 13.0. The van der Waals surface area contributed by atoms with Crippen LogP contribution in [0.25, 0.3) is 11.5 Å². The lowest BCUT2D eigenvalue weighted by Crippen LogP contribution is -2.26. The third kappa shape index (κ3) is 5.10. The monoisotopic (exact) mass is 363 g/mol. The SMILES string of the molecule is Cc1cccc(-c2nc(CC(=O)CC(=O)NCc3cccnc3)c(C)o2)c1. The molecule has 2 aromatic heterocycles. The highest BCUT2D eigenvalue weighted by molar-refractivity contribution is 5.98. The fraction of sp³-hybridized carbons (Fsp3) is 0.238. The first-order valence-electron chi connectivity index (χ1n) is 8.72. The Bertz CT molecular complexity index is 948. The summed E-state index contributed by atoms with van der Waals surface area (Å²) in [5, 5.41) is 2.72. The van der Waals surface area contributed by atoms with Gasteiger partial charge in [-0.3, -0.25) is 14.6 Å². The Morgan fingerprint density at radius 1 is 1.15 bits per heavy atom. The van der Waals surface area contributed by atoms with E-state index in [0.717, 1.165) is 16.7 Å². The molecule has 0 bridgehead atoms. The van der Waals surface area contributed by atoms with Gasteiger partial charge in [-0.1, -0.05) is 23.8 Å². The van der Waals surface area contributed by atoms with Crippen LogP contribution in [0.4, 0.5) is 0 Å². The number of aryl methyl sites for hydroxylation is 2. The van der Waals surface area contributed by atoms with Crippen molar-refractivity contribution in [3.05, 3.63) is 71.4 Å². The van der Waals surface area contributed by atoms with Gasteiger partial charge in [-0.2, -0.15) is 0 Å². The van der Waals surface area contributed by atoms with E-state index in [1.165, 1.54) is 0 Å². The fourth-order valence-corrected chi connectivity index (χ4v) is 2.69. The molecule has 6 nitrogen and oxygen atoms in total. The predicted octanol–water partition coefficient (Wildman–Crippen LogP) is 3.17. The van der Waals surface area contributed by atoms with Crippen LogP contribution >= 0.6 is 0 Å². The van der Waals surface area contributed by atoms with Crippen molar-refractivity contribution in [1.82, 2.24) is 15.3 Å². The molecule has 3 aromatic rings. The number of carbonyl (C=O) groups is 2. The maximum absolute atomic E-state index is 12.2. The van der Waals surface area contributed by atoms with E-state index in [-0.39, 0.29) is 24.5 Å². The zero-order valence-electron chi connectivity index (χ0n) is 15.4. The van der Waals surface area contributed by atoms with Crippen LogP contribution in [-0.2, 0) is 22.6 Å². The van der Waals surface area contributed by atoms with Gasteiger partial charge in [-0.15, -0.1) is 0 Å². The van der Waals surface area contributed by atoms with Gasteiger partial charge >= 0.3 is 0 Å². The summed E-state index contributed by atoms with van der Waals surface area (Å²) in [5.74, 6) is 0.561. The lowest BCUT2D eigenvalue weighted by Gasteiger charge is -2.04. The molecular weight excluding hydrogens is 342 g/mol. The number of benzene rings is 1. The number of pyridine rings is 1. The van der Waals surface area contributed by atoms with E-state index in [0.29, 0.717) is 23.9 Å². The van der Waals surface area contributed by atoms with E-state index in [1.54, 1.807) is 25.4 Å². The minimum atomic E-state index is -0.316. The minimum absolute atomic E-state index is 0.0709. The number of hydrogen-bond donors (Lipinski definition) is 1. The molecule has 0 fully saturated rings. The van der Waals surface area contributed by atoms with Crippen molar-refractivity contribution in [2.24, 2.45) is 0 Å². The average molecular weight is 363 g/mol. The molecule has 1 amide bonds. The van der Waals surface area contributed by atoms with Gasteiger partial charge in [-0.25, -0.2) is 4.98 Å². The number of carbonyl (C=O) groups excluding carboxylic acids is 2. The Hall–Kier alpha value is -3.28. The molecule has 0 aliphatic carbocycles. The van der Waals surface area contributed by atoms with Crippen molar-refractivity contribution in [3.63, 3.8) is 0 Å². The van der Waals surface area contributed by atoms with Gasteiger partial charge < -0.3 is 9.73 Å². The first-order valence-corrected chi connectivity index (χ1v) is 8.72. The molecular formula is C21H21N3O3. The van der Waals surface area contributed by atoms with Gasteiger partial charge in [0.1, 0.15) is 11.5 Å². The molecule has 2 heterocycles. The Kier molecular flexibility index (Phi) is 5.76. The number of amides is 1. The normalized spacial score (nSPS) is 10.6. The standard InChI is InChI=1S/C21H21N3O3/c1-14-5-3-7-17(9-14)21-24-19(15(2)27-21)10-18(25)11-20(26)23-13-16-6-4-8-22-12-16/h3-9,12H,10-11,13H2,1-2H3,(H,23,26). The molecule has 138 valence electrons. The number of nitrogens with zero attached hydrogens (tertiary/aromatic N) is 2. The Morgan fingerprint density at radius 3 is 2.74 bits per heavy atom. The number of rotatable bonds is 7. The summed E-state index contributed by atoms with van der Waals surface area (Å²) >= 11 is 0. The van der Waals surface area contributed by atoms with E-state index in [1.807, 2.05) is 37.3 Å². The van der Waals surface area contributed by atoms with Gasteiger partial charge in [0.2, 0.25) is 11.8 Å². The molecule has 6 heteroatoms. The first kappa shape index (κ1) is 18.5. The van der Waals surface area contributed by atoms with Gasteiger partial charge in [0.05, 0.1) is 18.5 Å². The van der Waals surface area contributed by atoms with Crippen LogP contribution in [0.1, 0.15) is 29.0 Å². The molecule has 0 radical (unpaired) electrons. The van der Waals surface area contributed by atoms with Crippen LogP contribution in [0.3, 0.4) is 0 Å². The second-order valence-electron chi connectivity index (χ2n) is 6.42. The van der Waals surface area contributed by atoms with Gasteiger partial charge in [-0.05, 0) is 37.6 Å². The average Bonchev–Trinajstić information content (AvgIpc) is 3.01. The number of oxazole rings is 1. The molecule has 0 saturated carbocycles. The quantitative estimate of drug-likeness (QED) is 0.652. The molecule has 1 N–H and O–H groups in total. The van der Waals surface area contributed by atoms with Crippen molar-refractivity contribution in [2.75, 3.05) is 0 Å². The maximum Gasteiger partial charge on any atom is 0.227 e. The van der Waals surface area contributed by atoms with Crippen molar-refractivity contribution >= 4 is 11.7 Å². The van der Waals surface area contributed by atoms with Crippen LogP contribution in [0.15, 0.2) is 53.2 Å². The summed E-state index contributed by atoms with van der Waals surface area (Å²) < 4.78 is 5.70. The molecule has 0 spiro atoms. The largest absolute Gasteiger partial charge is 0.441 e. The minimum Gasteiger partial charge on any atom is -0.441 e. The molecule has 0 saturated heterocycles. The zero-order valence-corrected chi connectivity index (χ0v) is 15.4. The van der Waals surface area contributed by atoms with Crippen LogP contribution in [0.2, 0.25) is 0 Å². The molecule has 0 atom stereocenters. The van der Waals surface area contributed by atoms with E-state index in [9.17, 15) is 9.59 Å². The third-order valence-corrected chi connectivity index (χ3v) is 4.09. The van der Waals surface area contributed by atoms with Crippen LogP contribution in [0, 0.1) is 13.8 Å². The highest BCUT2D eigenvalue weighted by Crippen LogP contribution is 2.23. The fourth-order valence-electron chi connectivity index (χ4n) is 2.69. The number of nitrogens with one attached hydrogen (secondary N) is 1. The molecule has 0 unspecified atom stereocenters. The topological polar surface area (TPSA) is 85.1 Å². The summed E-state index contributed by atoms with van der Waals surface area (Å²) in [6, 6.07) is 11.5. The van der Waals surface area contributed by atoms with Gasteiger partial charge in [0.25, 0.3) is 0 Å². The van der Waals surface area contributed by atoms with E-state index in [4.69, 9.17) is 4.42 Å². The highest BCUT2D eigenvalue weighted by Gasteiger charge is 2.17. The third-order valence-electron chi connectivity index (χ3n) is 4.09. The lowest BCUT2D eigenvalue weighted by molar-refractivity contribution is -0.128. The molecule has 0 aliphatic rings. The van der Waals surface area contributed by atoms with E-state index >= 15 is 0 Å². The zero-order chi connectivity index (χ0) is 19.2. The Balaban J connectivity index is 1.57. The Labute approximate surface area is 157 Å². The van der Waals surface area contributed by atoms with Crippen LogP contribution in [0.5, 0.6) is 0 Å². The van der Waals surface area contributed by atoms with E-state index < -0.39 is 0 Å². The summed E-state index contributed by atoms with van der Waals surface area (Å²) in [6.45, 7) is 4.12. The van der Waals surface area contributed by atoms with E-state index in [2.05, 4.69) is 15.3 Å². The molecule has 27 heavy (non-hydrogen) atoms. The maximum atomic E-state index is 12.2. The summed E-state index contributed by atoms with van der Waals surface area (Å²) in [6.07, 6.45) is 3.22. The number of hydrogen-bond acceptors (Lipinski definition) is 5. The number of aromatic nitrogens is 2. The smallest absolute Gasteiger partial charge is 0.227 e. The second-order valence-corrected chi connectivity index (χ2v) is 6.42. The summed E-state index contributed by atoms with van der Waals surface area (Å²) in [5.41, 5.74) is 3.42. The van der Waals surface area contributed by atoms with Crippen molar-refractivity contribution in [3.8, 4) is 11.5 Å².